The highest BCUT2D eigenvalue weighted by Gasteiger charge is 2.32. The number of carbonyl (C=O) groups is 2. The van der Waals surface area contributed by atoms with Crippen LogP contribution >= 0.6 is 12.4 Å². The van der Waals surface area contributed by atoms with Gasteiger partial charge in [-0.2, -0.15) is 20.7 Å². The first-order valence-corrected chi connectivity index (χ1v) is 25.9. The Morgan fingerprint density at radius 2 is 1.04 bits per heavy atom. The highest BCUT2D eigenvalue weighted by Crippen LogP contribution is 2.46. The van der Waals surface area contributed by atoms with E-state index in [0.717, 1.165) is 123 Å². The largest absolute Gasteiger partial charge is 0.478 e. The van der Waals surface area contributed by atoms with Crippen LogP contribution in [0.15, 0.2) is 72.8 Å². The van der Waals surface area contributed by atoms with Crippen LogP contribution < -0.4 is 5.32 Å². The molecule has 0 unspecified atom stereocenters. The van der Waals surface area contributed by atoms with Crippen molar-refractivity contribution in [2.24, 2.45) is 0 Å². The lowest BCUT2D eigenvalue weighted by atomic mass is 9.88. The maximum atomic E-state index is 13.6. The number of aromatic carboxylic acids is 1. The molecular weight excluding hydrogens is 960 g/mol. The summed E-state index contributed by atoms with van der Waals surface area (Å²) >= 11 is 0. The first-order valence-electron chi connectivity index (χ1n) is 25.9. The topological polar surface area (TPSA) is 207 Å². The molecule has 0 spiro atoms. The quantitative estimate of drug-likeness (QED) is 0.0804. The molecule has 16 heteroatoms. The van der Waals surface area contributed by atoms with E-state index in [4.69, 9.17) is 15.5 Å². The zero-order valence-electron chi connectivity index (χ0n) is 43.7. The van der Waals surface area contributed by atoms with Crippen molar-refractivity contribution in [1.82, 2.24) is 50.4 Å². The number of hydrogen-bond acceptors (Lipinski definition) is 11. The minimum atomic E-state index is -0.908. The van der Waals surface area contributed by atoms with Crippen molar-refractivity contribution in [3.63, 3.8) is 0 Å². The molecule has 4 aliphatic rings. The van der Waals surface area contributed by atoms with E-state index in [1.807, 2.05) is 83.3 Å². The molecule has 2 aliphatic carbocycles. The molecule has 2 saturated carbocycles. The Morgan fingerprint density at radius 1 is 0.627 bits per heavy atom. The van der Waals surface area contributed by atoms with Crippen molar-refractivity contribution < 1.29 is 14.7 Å². The fraction of sp³-hybridized carbons (Fsp3) is 0.458. The number of aromatic amines is 2. The smallest absolute Gasteiger partial charge is 0.335 e. The molecule has 4 fully saturated rings. The minimum absolute atomic E-state index is 0. The normalized spacial score (nSPS) is 15.6. The van der Waals surface area contributed by atoms with Crippen LogP contribution in [-0.2, 0) is 12.8 Å². The minimum Gasteiger partial charge on any atom is -0.478 e. The number of aryl methyl sites for hydroxylation is 2. The molecule has 75 heavy (non-hydrogen) atoms. The Labute approximate surface area is 449 Å². The van der Waals surface area contributed by atoms with E-state index in [2.05, 4.69) is 83.0 Å². The number of likely N-dealkylation sites (N-methyl/N-ethyl adjacent to an activating group) is 2. The van der Waals surface area contributed by atoms with E-state index in [1.165, 1.54) is 47.9 Å². The Kier molecular flexibility index (Phi) is 20.4. The number of piperidine rings is 2. The van der Waals surface area contributed by atoms with Crippen molar-refractivity contribution >= 4 is 24.3 Å². The van der Waals surface area contributed by atoms with Gasteiger partial charge in [0.1, 0.15) is 11.6 Å². The van der Waals surface area contributed by atoms with Crippen LogP contribution in [0.1, 0.15) is 159 Å². The molecule has 0 radical (unpaired) electrons. The van der Waals surface area contributed by atoms with Crippen LogP contribution in [0.4, 0.5) is 0 Å². The van der Waals surface area contributed by atoms with Gasteiger partial charge in [-0.05, 0) is 200 Å². The van der Waals surface area contributed by atoms with Crippen molar-refractivity contribution in [2.45, 2.75) is 109 Å². The van der Waals surface area contributed by atoms with E-state index in [9.17, 15) is 14.7 Å². The van der Waals surface area contributed by atoms with Gasteiger partial charge in [0.15, 0.2) is 11.6 Å². The van der Waals surface area contributed by atoms with Gasteiger partial charge < -0.3 is 25.1 Å². The van der Waals surface area contributed by atoms with Crippen molar-refractivity contribution in [2.75, 3.05) is 67.5 Å². The van der Waals surface area contributed by atoms with E-state index >= 15 is 0 Å². The average molecular weight is 1040 g/mol. The number of hydrogen-bond donors (Lipinski definition) is 4. The Morgan fingerprint density at radius 3 is 1.44 bits per heavy atom. The molecule has 1 amide bonds. The number of likely N-dealkylation sites (tertiary alicyclic amines) is 1. The zero-order chi connectivity index (χ0) is 51.6. The number of rotatable bonds is 14. The lowest BCUT2D eigenvalue weighted by molar-refractivity contribution is 0.0692. The number of nitrogens with zero attached hydrogens (tertiary/aromatic N) is 9. The molecule has 4 N–H and O–H groups in total. The fourth-order valence-corrected chi connectivity index (χ4v) is 9.89. The van der Waals surface area contributed by atoms with Crippen LogP contribution in [0.2, 0.25) is 0 Å². The van der Waals surface area contributed by atoms with Crippen LogP contribution in [0.5, 0.6) is 0 Å². The molecule has 0 atom stereocenters. The molecule has 0 bridgehead atoms. The third kappa shape index (κ3) is 15.2. The Bertz CT molecular complexity index is 2930. The zero-order valence-corrected chi connectivity index (χ0v) is 44.6. The molecule has 4 heterocycles. The van der Waals surface area contributed by atoms with E-state index in [-0.39, 0.29) is 25.7 Å². The maximum absolute atomic E-state index is 13.6. The van der Waals surface area contributed by atoms with Gasteiger partial charge in [-0.25, -0.2) is 14.8 Å². The van der Waals surface area contributed by atoms with Gasteiger partial charge in [0.05, 0.1) is 28.8 Å². The highest BCUT2D eigenvalue weighted by molar-refractivity contribution is 5.97. The van der Waals surface area contributed by atoms with Gasteiger partial charge >= 0.3 is 5.97 Å². The van der Waals surface area contributed by atoms with Crippen LogP contribution in [0.3, 0.4) is 0 Å². The Balaban J connectivity index is 0.000000200. The summed E-state index contributed by atoms with van der Waals surface area (Å²) in [4.78, 5) is 40.6. The van der Waals surface area contributed by atoms with Crippen molar-refractivity contribution in [1.29, 1.82) is 10.5 Å². The van der Waals surface area contributed by atoms with Gasteiger partial charge in [-0.1, -0.05) is 43.8 Å². The van der Waals surface area contributed by atoms with Gasteiger partial charge in [0.25, 0.3) is 5.91 Å². The van der Waals surface area contributed by atoms with E-state index in [0.29, 0.717) is 46.4 Å². The second kappa shape index (κ2) is 26.6. The molecule has 15 nitrogen and oxygen atoms in total. The standard InChI is InChI=1S/C29H34N6O.C17H22N4O2.C12H14N2.CH4.ClH/c1-19-16-25(23-8-9-23)26(28-31-27(32-33-28)12-13-34(2)3)17-24(19)29(36)35-14-10-22(11-15-35)21-6-4-20(18-30)5-7-21;1-10-8-13(11-4-5-11)14(9-12(10)17(22)23)16-18-15(19-20-16)6-7-21(2)3;13-9-10-1-3-11(4-2-10)12-5-7-14-8-6-12;;/h4-7,16-17,22-23H,8-15H2,1-3H3,(H,31,32,33);8-9,11H,4-7H2,1-3H3,(H,22,23)(H,18,19,20);1-4,12,14H,5-8H2;1H4;1H. The lowest BCUT2D eigenvalue weighted by Crippen LogP contribution is -2.38. The molecule has 10 rings (SSSR count). The number of nitrogens with one attached hydrogen (secondary N) is 3. The first kappa shape index (κ1) is 57.5. The molecule has 2 aliphatic heterocycles. The summed E-state index contributed by atoms with van der Waals surface area (Å²) in [5.74, 6) is 4.33. The molecule has 396 valence electrons. The summed E-state index contributed by atoms with van der Waals surface area (Å²) in [5, 5.41) is 45.4. The van der Waals surface area contributed by atoms with Crippen LogP contribution in [-0.4, -0.2) is 130 Å². The van der Waals surface area contributed by atoms with Crippen molar-refractivity contribution in [3.05, 3.63) is 140 Å². The summed E-state index contributed by atoms with van der Waals surface area (Å²) in [6.45, 7) is 9.39. The third-order valence-electron chi connectivity index (χ3n) is 14.6. The molecule has 6 aromatic rings. The summed E-state index contributed by atoms with van der Waals surface area (Å²) in [5.41, 5.74) is 11.3. The van der Waals surface area contributed by atoms with Crippen molar-refractivity contribution in [3.8, 4) is 34.9 Å². The van der Waals surface area contributed by atoms with Gasteiger partial charge in [-0.3, -0.25) is 15.0 Å². The van der Waals surface area contributed by atoms with E-state index in [1.54, 1.807) is 6.07 Å². The molecule has 2 saturated heterocycles. The highest BCUT2D eigenvalue weighted by atomic mass is 35.5. The van der Waals surface area contributed by atoms with Crippen LogP contribution in [0.25, 0.3) is 22.8 Å². The summed E-state index contributed by atoms with van der Waals surface area (Å²) in [7, 11) is 8.13. The maximum Gasteiger partial charge on any atom is 0.335 e. The number of H-pyrrole nitrogens is 2. The predicted octanol–water partition coefficient (Wildman–Crippen LogP) is 10.2. The number of aromatic nitrogens is 6. The second-order valence-corrected chi connectivity index (χ2v) is 20.7. The number of halogens is 1. The molecule has 4 aromatic carbocycles. The number of carboxylic acids is 1. The number of benzene rings is 4. The number of carbonyl (C=O) groups excluding carboxylic acids is 1. The van der Waals surface area contributed by atoms with Gasteiger partial charge in [0.2, 0.25) is 0 Å². The summed E-state index contributed by atoms with van der Waals surface area (Å²) < 4.78 is 0. The van der Waals surface area contributed by atoms with Gasteiger partial charge in [0, 0.05) is 55.7 Å². The second-order valence-electron chi connectivity index (χ2n) is 20.7. The van der Waals surface area contributed by atoms with Crippen LogP contribution in [0, 0.1) is 36.5 Å². The first-order chi connectivity index (χ1) is 35.3. The van der Waals surface area contributed by atoms with E-state index < -0.39 is 5.97 Å². The molecular formula is C59H75ClN12O3. The molecule has 2 aromatic heterocycles. The number of nitriles is 2. The third-order valence-corrected chi connectivity index (χ3v) is 14.6. The summed E-state index contributed by atoms with van der Waals surface area (Å²) in [6, 6.07) is 28.2. The fourth-order valence-electron chi connectivity index (χ4n) is 9.89. The number of amides is 1. The van der Waals surface area contributed by atoms with Gasteiger partial charge in [-0.15, -0.1) is 12.4 Å². The predicted molar refractivity (Wildman–Crippen MR) is 298 cm³/mol. The average Bonchev–Trinajstić information content (AvgIpc) is 4.35. The number of carboxylic acid groups (broad SMARTS) is 1. The summed E-state index contributed by atoms with van der Waals surface area (Å²) in [6.07, 6.45) is 10.5. The Hall–Kier alpha value is -6.75. The monoisotopic (exact) mass is 1030 g/mol. The lowest BCUT2D eigenvalue weighted by Gasteiger charge is -2.33. The SMILES string of the molecule is C.Cc1cc(C2CC2)c(-c2n[nH]c(CCN(C)C)n2)cc1C(=O)N1CCC(c2ccc(C#N)cc2)CC1.Cc1cc(C2CC2)c(-c2n[nH]c(CCN(C)C)n2)cc1C(=O)O.Cl.N#Cc1ccc(C2CCNCC2)cc1.